The smallest absolute Gasteiger partial charge is 0.252 e. The first kappa shape index (κ1) is 19.2. The molecular formula is C23H26N4O2. The monoisotopic (exact) mass is 390 g/mol. The molecule has 1 N–H and O–H groups in total. The third kappa shape index (κ3) is 4.66. The van der Waals surface area contributed by atoms with Gasteiger partial charge in [-0.05, 0) is 42.3 Å². The Hall–Kier alpha value is -3.12. The molecule has 0 aliphatic carbocycles. The van der Waals surface area contributed by atoms with Crippen LogP contribution >= 0.6 is 0 Å². The van der Waals surface area contributed by atoms with E-state index in [9.17, 15) is 4.79 Å². The summed E-state index contributed by atoms with van der Waals surface area (Å²) in [5.74, 6) is -0.0717. The molecule has 150 valence electrons. The number of hydrogen-bond acceptors (Lipinski definition) is 4. The zero-order valence-electron chi connectivity index (χ0n) is 16.6. The van der Waals surface area contributed by atoms with Crippen molar-refractivity contribution in [1.82, 2.24) is 15.1 Å². The van der Waals surface area contributed by atoms with Crippen LogP contribution in [0.5, 0.6) is 0 Å². The number of carbonyl (C=O) groups is 1. The summed E-state index contributed by atoms with van der Waals surface area (Å²) in [5.41, 5.74) is 3.91. The standard InChI is InChI=1S/C23H26N4O2/c1-18(19-7-9-21(10-8-19)26-13-15-29-16-14-26)25-23(28)22-6-3-2-5-20(22)17-27-12-4-11-24-27/h2-12,18H,13-17H2,1H3,(H,25,28)/t18-/m1/s1. The van der Waals surface area contributed by atoms with Gasteiger partial charge in [0.15, 0.2) is 0 Å². The molecular weight excluding hydrogens is 364 g/mol. The van der Waals surface area contributed by atoms with Crippen LogP contribution in [0.4, 0.5) is 5.69 Å². The minimum absolute atomic E-state index is 0.0717. The molecule has 1 fully saturated rings. The Morgan fingerprint density at radius 3 is 2.59 bits per heavy atom. The summed E-state index contributed by atoms with van der Waals surface area (Å²) in [7, 11) is 0. The lowest BCUT2D eigenvalue weighted by atomic mass is 10.0. The van der Waals surface area contributed by atoms with Crippen molar-refractivity contribution < 1.29 is 9.53 Å². The maximum absolute atomic E-state index is 12.9. The number of hydrogen-bond donors (Lipinski definition) is 1. The molecule has 0 saturated carbocycles. The summed E-state index contributed by atoms with van der Waals surface area (Å²) < 4.78 is 7.24. The SMILES string of the molecule is C[C@@H](NC(=O)c1ccccc1Cn1cccn1)c1ccc(N2CCOCC2)cc1. The molecule has 6 heteroatoms. The van der Waals surface area contributed by atoms with Gasteiger partial charge in [0.05, 0.1) is 25.8 Å². The fraction of sp³-hybridized carbons (Fsp3) is 0.304. The number of carbonyl (C=O) groups excluding carboxylic acids is 1. The summed E-state index contributed by atoms with van der Waals surface area (Å²) in [6, 6.07) is 17.9. The molecule has 1 aliphatic heterocycles. The fourth-order valence-electron chi connectivity index (χ4n) is 3.60. The van der Waals surface area contributed by atoms with Crippen LogP contribution in [-0.2, 0) is 11.3 Å². The molecule has 29 heavy (non-hydrogen) atoms. The number of benzene rings is 2. The van der Waals surface area contributed by atoms with Crippen molar-refractivity contribution in [2.45, 2.75) is 19.5 Å². The van der Waals surface area contributed by atoms with E-state index in [1.165, 1.54) is 5.69 Å². The summed E-state index contributed by atoms with van der Waals surface area (Å²) in [6.45, 7) is 5.95. The second kappa shape index (κ2) is 8.92. The third-order valence-corrected chi connectivity index (χ3v) is 5.27. The highest BCUT2D eigenvalue weighted by Crippen LogP contribution is 2.21. The number of aromatic nitrogens is 2. The topological polar surface area (TPSA) is 59.4 Å². The third-order valence-electron chi connectivity index (χ3n) is 5.27. The lowest BCUT2D eigenvalue weighted by Crippen LogP contribution is -2.36. The Labute approximate surface area is 171 Å². The van der Waals surface area contributed by atoms with E-state index in [0.29, 0.717) is 12.1 Å². The van der Waals surface area contributed by atoms with Crippen molar-refractivity contribution in [1.29, 1.82) is 0 Å². The molecule has 6 nitrogen and oxygen atoms in total. The van der Waals surface area contributed by atoms with Gasteiger partial charge in [-0.25, -0.2) is 0 Å². The van der Waals surface area contributed by atoms with Gasteiger partial charge >= 0.3 is 0 Å². The van der Waals surface area contributed by atoms with Crippen LogP contribution in [0.15, 0.2) is 67.0 Å². The Balaban J connectivity index is 1.43. The van der Waals surface area contributed by atoms with E-state index in [1.807, 2.05) is 48.1 Å². The molecule has 1 atom stereocenters. The zero-order chi connectivity index (χ0) is 20.1. The van der Waals surface area contributed by atoms with Gasteiger partial charge in [0.1, 0.15) is 0 Å². The number of amides is 1. The van der Waals surface area contributed by atoms with Gasteiger partial charge in [0, 0.05) is 36.7 Å². The number of anilines is 1. The highest BCUT2D eigenvalue weighted by atomic mass is 16.5. The van der Waals surface area contributed by atoms with Gasteiger partial charge in [-0.2, -0.15) is 5.10 Å². The average Bonchev–Trinajstić information content (AvgIpc) is 3.28. The largest absolute Gasteiger partial charge is 0.378 e. The molecule has 1 aliphatic rings. The Morgan fingerprint density at radius 1 is 1.10 bits per heavy atom. The zero-order valence-corrected chi connectivity index (χ0v) is 16.6. The van der Waals surface area contributed by atoms with Crippen LogP contribution in [0.2, 0.25) is 0 Å². The van der Waals surface area contributed by atoms with E-state index in [4.69, 9.17) is 4.74 Å². The Morgan fingerprint density at radius 2 is 1.86 bits per heavy atom. The molecule has 3 aromatic rings. The highest BCUT2D eigenvalue weighted by Gasteiger charge is 2.16. The van der Waals surface area contributed by atoms with Gasteiger partial charge in [-0.3, -0.25) is 9.48 Å². The van der Waals surface area contributed by atoms with Crippen molar-refractivity contribution >= 4 is 11.6 Å². The quantitative estimate of drug-likeness (QED) is 0.702. The number of nitrogens with one attached hydrogen (secondary N) is 1. The molecule has 1 saturated heterocycles. The number of morpholine rings is 1. The van der Waals surface area contributed by atoms with Crippen LogP contribution in [0.25, 0.3) is 0 Å². The first-order valence-electron chi connectivity index (χ1n) is 9.99. The van der Waals surface area contributed by atoms with Crippen LogP contribution < -0.4 is 10.2 Å². The lowest BCUT2D eigenvalue weighted by Gasteiger charge is -2.29. The predicted molar refractivity (Wildman–Crippen MR) is 113 cm³/mol. The van der Waals surface area contributed by atoms with E-state index in [0.717, 1.165) is 37.4 Å². The van der Waals surface area contributed by atoms with Crippen molar-refractivity contribution in [3.8, 4) is 0 Å². The second-order valence-electron chi connectivity index (χ2n) is 7.25. The molecule has 0 bridgehead atoms. The molecule has 2 heterocycles. The first-order valence-corrected chi connectivity index (χ1v) is 9.99. The number of ether oxygens (including phenoxy) is 1. The number of nitrogens with zero attached hydrogens (tertiary/aromatic N) is 3. The van der Waals surface area contributed by atoms with E-state index in [1.54, 1.807) is 6.20 Å². The average molecular weight is 390 g/mol. The Kier molecular flexibility index (Phi) is 5.91. The normalized spacial score (nSPS) is 15.1. The van der Waals surface area contributed by atoms with Gasteiger partial charge in [-0.1, -0.05) is 30.3 Å². The highest BCUT2D eigenvalue weighted by molar-refractivity contribution is 5.95. The van der Waals surface area contributed by atoms with Crippen molar-refractivity contribution in [3.63, 3.8) is 0 Å². The van der Waals surface area contributed by atoms with Gasteiger partial charge in [-0.15, -0.1) is 0 Å². The lowest BCUT2D eigenvalue weighted by molar-refractivity contribution is 0.0938. The van der Waals surface area contributed by atoms with Crippen molar-refractivity contribution in [3.05, 3.63) is 83.7 Å². The van der Waals surface area contributed by atoms with Crippen LogP contribution in [0, 0.1) is 0 Å². The number of rotatable bonds is 6. The van der Waals surface area contributed by atoms with Crippen LogP contribution in [0.1, 0.15) is 34.5 Å². The summed E-state index contributed by atoms with van der Waals surface area (Å²) in [6.07, 6.45) is 3.64. The van der Waals surface area contributed by atoms with Crippen LogP contribution in [-0.4, -0.2) is 42.0 Å². The van der Waals surface area contributed by atoms with E-state index in [-0.39, 0.29) is 11.9 Å². The molecule has 1 amide bonds. The van der Waals surface area contributed by atoms with Crippen molar-refractivity contribution in [2.75, 3.05) is 31.2 Å². The maximum atomic E-state index is 12.9. The molecule has 4 rings (SSSR count). The fourth-order valence-corrected chi connectivity index (χ4v) is 3.60. The predicted octanol–water partition coefficient (Wildman–Crippen LogP) is 3.26. The maximum Gasteiger partial charge on any atom is 0.252 e. The Bertz CT molecular complexity index is 932. The molecule has 2 aromatic carbocycles. The minimum Gasteiger partial charge on any atom is -0.378 e. The van der Waals surface area contributed by atoms with E-state index < -0.39 is 0 Å². The molecule has 0 unspecified atom stereocenters. The van der Waals surface area contributed by atoms with E-state index >= 15 is 0 Å². The minimum atomic E-state index is -0.0843. The second-order valence-corrected chi connectivity index (χ2v) is 7.25. The first-order chi connectivity index (χ1) is 14.2. The molecule has 0 radical (unpaired) electrons. The van der Waals surface area contributed by atoms with Gasteiger partial charge in [0.25, 0.3) is 5.91 Å². The van der Waals surface area contributed by atoms with Crippen molar-refractivity contribution in [2.24, 2.45) is 0 Å². The van der Waals surface area contributed by atoms with Crippen LogP contribution in [0.3, 0.4) is 0 Å². The summed E-state index contributed by atoms with van der Waals surface area (Å²) in [5, 5.41) is 7.37. The summed E-state index contributed by atoms with van der Waals surface area (Å²) in [4.78, 5) is 15.3. The molecule has 1 aromatic heterocycles. The van der Waals surface area contributed by atoms with E-state index in [2.05, 4.69) is 39.6 Å². The molecule has 0 spiro atoms. The van der Waals surface area contributed by atoms with Gasteiger partial charge in [0.2, 0.25) is 0 Å². The van der Waals surface area contributed by atoms with Gasteiger partial charge < -0.3 is 15.0 Å². The summed E-state index contributed by atoms with van der Waals surface area (Å²) >= 11 is 0.